The molecule has 0 radical (unpaired) electrons. The first-order chi connectivity index (χ1) is 15.6. The summed E-state index contributed by atoms with van der Waals surface area (Å²) in [6.07, 6.45) is 0.939. The largest absolute Gasteiger partial charge is 0.491 e. The summed E-state index contributed by atoms with van der Waals surface area (Å²) in [4.78, 5) is 0. The number of hydrogen-bond acceptors (Lipinski definition) is 5. The highest BCUT2D eigenvalue weighted by Gasteiger charge is 2.30. The van der Waals surface area contributed by atoms with Gasteiger partial charge in [0.05, 0.1) is 18.4 Å². The fourth-order valence-corrected chi connectivity index (χ4v) is 4.28. The molecule has 0 spiro atoms. The van der Waals surface area contributed by atoms with Crippen molar-refractivity contribution < 1.29 is 23.8 Å². The second-order valence-corrected chi connectivity index (χ2v) is 8.14. The number of nitrogens with one attached hydrogen (secondary N) is 1. The Morgan fingerprint density at radius 2 is 1.91 bits per heavy atom. The van der Waals surface area contributed by atoms with Crippen LogP contribution in [0.15, 0.2) is 77.4 Å². The smallest absolute Gasteiger partial charge is 0.141 e. The summed E-state index contributed by atoms with van der Waals surface area (Å²) in [5.74, 6) is 1.00. The maximum Gasteiger partial charge on any atom is 0.141 e. The third-order valence-corrected chi connectivity index (χ3v) is 5.90. The van der Waals surface area contributed by atoms with Crippen LogP contribution in [0.25, 0.3) is 22.1 Å². The number of aliphatic hydroxyl groups excluding tert-OH is 2. The molecule has 3 aromatic carbocycles. The normalized spacial score (nSPS) is 18.6. The van der Waals surface area contributed by atoms with Crippen molar-refractivity contribution in [2.75, 3.05) is 13.2 Å². The molecule has 1 aromatic heterocycles. The van der Waals surface area contributed by atoms with Crippen LogP contribution in [0.4, 0.5) is 4.39 Å². The molecule has 3 unspecified atom stereocenters. The molecule has 3 N–H and O–H groups in total. The standard InChI is InChI=1S/C26H24FNO4/c27-19-7-10-23-18(11-19)14-32-26(23)16-5-8-21(9-6-16)31-15-20(29)13-28-25-22-4-2-1-3-17(22)12-24(25)30/h1-11,14,20,24-25,28-30H,12-13,15H2. The third kappa shape index (κ3) is 4.12. The van der Waals surface area contributed by atoms with Gasteiger partial charge in [0.25, 0.3) is 0 Å². The van der Waals surface area contributed by atoms with E-state index in [-0.39, 0.29) is 18.5 Å². The molecule has 32 heavy (non-hydrogen) atoms. The monoisotopic (exact) mass is 433 g/mol. The van der Waals surface area contributed by atoms with Crippen molar-refractivity contribution >= 4 is 10.8 Å². The lowest BCUT2D eigenvalue weighted by Gasteiger charge is -2.20. The van der Waals surface area contributed by atoms with E-state index in [1.54, 1.807) is 12.3 Å². The van der Waals surface area contributed by atoms with Crippen LogP contribution in [0.5, 0.6) is 5.75 Å². The van der Waals surface area contributed by atoms with Crippen LogP contribution in [0, 0.1) is 5.82 Å². The number of hydrogen-bond donors (Lipinski definition) is 3. The molecule has 4 aromatic rings. The van der Waals surface area contributed by atoms with E-state index in [1.807, 2.05) is 48.5 Å². The summed E-state index contributed by atoms with van der Waals surface area (Å²) in [5.41, 5.74) is 3.07. The maximum atomic E-state index is 13.4. The Hall–Kier alpha value is -3.19. The minimum Gasteiger partial charge on any atom is -0.491 e. The Morgan fingerprint density at radius 3 is 2.75 bits per heavy atom. The molecule has 0 bridgehead atoms. The highest BCUT2D eigenvalue weighted by Crippen LogP contribution is 2.32. The second-order valence-electron chi connectivity index (χ2n) is 8.14. The van der Waals surface area contributed by atoms with E-state index in [2.05, 4.69) is 5.32 Å². The first-order valence-corrected chi connectivity index (χ1v) is 10.7. The van der Waals surface area contributed by atoms with Crippen LogP contribution in [0.1, 0.15) is 17.2 Å². The molecule has 0 saturated carbocycles. The van der Waals surface area contributed by atoms with Gasteiger partial charge in [-0.05, 0) is 53.6 Å². The van der Waals surface area contributed by atoms with Gasteiger partial charge < -0.3 is 24.7 Å². The first-order valence-electron chi connectivity index (χ1n) is 10.7. The molecule has 5 nitrogen and oxygen atoms in total. The summed E-state index contributed by atoms with van der Waals surface area (Å²) in [6, 6.07) is 19.7. The van der Waals surface area contributed by atoms with E-state index < -0.39 is 12.2 Å². The second kappa shape index (κ2) is 8.74. The van der Waals surface area contributed by atoms with Crippen molar-refractivity contribution in [1.29, 1.82) is 0 Å². The Kier molecular flexibility index (Phi) is 5.66. The highest BCUT2D eigenvalue weighted by atomic mass is 19.1. The van der Waals surface area contributed by atoms with Gasteiger partial charge >= 0.3 is 0 Å². The van der Waals surface area contributed by atoms with E-state index in [0.717, 1.165) is 22.1 Å². The number of benzene rings is 3. The average Bonchev–Trinajstić information content (AvgIpc) is 3.36. The van der Waals surface area contributed by atoms with Gasteiger partial charge in [0, 0.05) is 29.3 Å². The lowest BCUT2D eigenvalue weighted by molar-refractivity contribution is 0.0890. The quantitative estimate of drug-likeness (QED) is 0.407. The topological polar surface area (TPSA) is 74.9 Å². The fraction of sp³-hybridized carbons (Fsp3) is 0.231. The van der Waals surface area contributed by atoms with Crippen LogP contribution in [-0.2, 0) is 6.42 Å². The SMILES string of the molecule is OC(CNC1c2ccccc2CC1O)COc1ccc(-c2occ3cc(F)ccc23)cc1. The molecule has 1 aliphatic rings. The van der Waals surface area contributed by atoms with E-state index in [0.29, 0.717) is 29.9 Å². The third-order valence-electron chi connectivity index (χ3n) is 5.90. The molecular formula is C26H24FNO4. The van der Waals surface area contributed by atoms with Gasteiger partial charge in [-0.2, -0.15) is 0 Å². The minimum absolute atomic E-state index is 0.125. The number of ether oxygens (including phenoxy) is 1. The van der Waals surface area contributed by atoms with Crippen LogP contribution < -0.4 is 10.1 Å². The van der Waals surface area contributed by atoms with Gasteiger partial charge in [-0.15, -0.1) is 0 Å². The van der Waals surface area contributed by atoms with Gasteiger partial charge in [-0.3, -0.25) is 0 Å². The number of furan rings is 1. The van der Waals surface area contributed by atoms with Gasteiger partial charge in [0.1, 0.15) is 30.0 Å². The Morgan fingerprint density at radius 1 is 1.09 bits per heavy atom. The molecule has 0 fully saturated rings. The molecule has 3 atom stereocenters. The van der Waals surface area contributed by atoms with Crippen molar-refractivity contribution in [2.45, 2.75) is 24.7 Å². The van der Waals surface area contributed by atoms with E-state index in [4.69, 9.17) is 9.15 Å². The molecule has 164 valence electrons. The van der Waals surface area contributed by atoms with Crippen molar-refractivity contribution in [2.24, 2.45) is 0 Å². The molecule has 0 aliphatic heterocycles. The Bertz CT molecular complexity index is 1220. The number of aliphatic hydroxyl groups is 2. The molecule has 1 heterocycles. The molecule has 5 rings (SSSR count). The van der Waals surface area contributed by atoms with Crippen LogP contribution in [-0.4, -0.2) is 35.6 Å². The van der Waals surface area contributed by atoms with Crippen molar-refractivity contribution in [1.82, 2.24) is 5.32 Å². The lowest BCUT2D eigenvalue weighted by Crippen LogP contribution is -2.37. The molecule has 0 saturated heterocycles. The van der Waals surface area contributed by atoms with Crippen molar-refractivity contribution in [3.8, 4) is 17.1 Å². The minimum atomic E-state index is -0.724. The van der Waals surface area contributed by atoms with Gasteiger partial charge in [-0.25, -0.2) is 4.39 Å². The maximum absolute atomic E-state index is 13.4. The van der Waals surface area contributed by atoms with E-state index in [9.17, 15) is 14.6 Å². The summed E-state index contributed by atoms with van der Waals surface area (Å²) in [7, 11) is 0. The zero-order valence-corrected chi connectivity index (χ0v) is 17.4. The predicted octanol–water partition coefficient (Wildman–Crippen LogP) is 4.23. The zero-order chi connectivity index (χ0) is 22.1. The van der Waals surface area contributed by atoms with Crippen molar-refractivity contribution in [3.63, 3.8) is 0 Å². The first kappa shape index (κ1) is 20.7. The van der Waals surface area contributed by atoms with Crippen LogP contribution in [0.2, 0.25) is 0 Å². The zero-order valence-electron chi connectivity index (χ0n) is 17.4. The van der Waals surface area contributed by atoms with E-state index in [1.165, 1.54) is 12.1 Å². The molecular weight excluding hydrogens is 409 g/mol. The predicted molar refractivity (Wildman–Crippen MR) is 120 cm³/mol. The van der Waals surface area contributed by atoms with Crippen LogP contribution >= 0.6 is 0 Å². The fourth-order valence-electron chi connectivity index (χ4n) is 4.28. The Labute approximate surface area is 185 Å². The summed E-state index contributed by atoms with van der Waals surface area (Å²) in [6.45, 7) is 0.433. The van der Waals surface area contributed by atoms with Crippen LogP contribution in [0.3, 0.4) is 0 Å². The van der Waals surface area contributed by atoms with Gasteiger partial charge in [-0.1, -0.05) is 24.3 Å². The van der Waals surface area contributed by atoms with Gasteiger partial charge in [0.2, 0.25) is 0 Å². The lowest BCUT2D eigenvalue weighted by atomic mass is 10.1. The molecule has 1 aliphatic carbocycles. The molecule has 0 amide bonds. The summed E-state index contributed by atoms with van der Waals surface area (Å²) < 4.78 is 24.7. The summed E-state index contributed by atoms with van der Waals surface area (Å²) >= 11 is 0. The Balaban J connectivity index is 1.17. The number of halogens is 1. The molecule has 6 heteroatoms. The van der Waals surface area contributed by atoms with Crippen molar-refractivity contribution in [3.05, 3.63) is 89.9 Å². The average molecular weight is 433 g/mol. The van der Waals surface area contributed by atoms with Gasteiger partial charge in [0.15, 0.2) is 0 Å². The number of fused-ring (bicyclic) bond motifs is 2. The summed E-state index contributed by atoms with van der Waals surface area (Å²) in [5, 5.41) is 25.5. The highest BCUT2D eigenvalue weighted by molar-refractivity contribution is 5.94. The number of rotatable bonds is 7. The van der Waals surface area contributed by atoms with E-state index >= 15 is 0 Å².